The van der Waals surface area contributed by atoms with Gasteiger partial charge in [-0.1, -0.05) is 28.1 Å². The van der Waals surface area contributed by atoms with Crippen molar-refractivity contribution in [1.29, 1.82) is 0 Å². The number of halogens is 3. The predicted molar refractivity (Wildman–Crippen MR) is 104 cm³/mol. The van der Waals surface area contributed by atoms with Gasteiger partial charge in [-0.05, 0) is 36.8 Å². The van der Waals surface area contributed by atoms with Gasteiger partial charge in [-0.3, -0.25) is 0 Å². The van der Waals surface area contributed by atoms with Crippen molar-refractivity contribution in [3.05, 3.63) is 68.8 Å². The molecule has 0 saturated heterocycles. The van der Waals surface area contributed by atoms with Crippen LogP contribution in [-0.4, -0.2) is 18.3 Å². The van der Waals surface area contributed by atoms with Gasteiger partial charge in [0.2, 0.25) is 0 Å². The number of rotatable bonds is 5. The molecular weight excluding hydrogens is 422 g/mol. The van der Waals surface area contributed by atoms with Crippen LogP contribution in [0.5, 0.6) is 0 Å². The number of nitrogens with zero attached hydrogens (tertiary/aromatic N) is 2. The maximum absolute atomic E-state index is 14.0. The minimum Gasteiger partial charge on any atom is -0.383 e. The Hall–Kier alpha value is -1.83. The van der Waals surface area contributed by atoms with E-state index < -0.39 is 11.6 Å². The number of methoxy groups -OCH3 is 1. The first kappa shape index (κ1) is 18.9. The van der Waals surface area contributed by atoms with Crippen LogP contribution >= 0.6 is 27.3 Å². The molecule has 0 radical (unpaired) electrons. The molecule has 1 atom stereocenters. The molecule has 3 rings (SSSR count). The van der Waals surface area contributed by atoms with E-state index >= 15 is 0 Å². The molecule has 0 saturated carbocycles. The van der Waals surface area contributed by atoms with Gasteiger partial charge in [0.1, 0.15) is 11.5 Å². The lowest BCUT2D eigenvalue weighted by molar-refractivity contribution is 0.162. The molecule has 0 aliphatic carbocycles. The Morgan fingerprint density at radius 3 is 2.58 bits per heavy atom. The van der Waals surface area contributed by atoms with Crippen molar-refractivity contribution < 1.29 is 13.5 Å². The Bertz CT molecular complexity index is 966. The Balaban J connectivity index is 2.16. The molecule has 26 heavy (non-hydrogen) atoms. The van der Waals surface area contributed by atoms with Crippen molar-refractivity contribution in [3.63, 3.8) is 0 Å². The SMILES string of the molecule is COCC(C)n1c(-c2ccc(Br)cc2)csc1=Nc1ccc(F)cc1F. The van der Waals surface area contributed by atoms with E-state index in [0.29, 0.717) is 11.4 Å². The van der Waals surface area contributed by atoms with Crippen LogP contribution in [0.3, 0.4) is 0 Å². The molecule has 1 unspecified atom stereocenters. The van der Waals surface area contributed by atoms with Crippen molar-refractivity contribution in [3.8, 4) is 11.3 Å². The summed E-state index contributed by atoms with van der Waals surface area (Å²) in [4.78, 5) is 5.05. The fourth-order valence-corrected chi connectivity index (χ4v) is 3.92. The van der Waals surface area contributed by atoms with Crippen molar-refractivity contribution in [2.45, 2.75) is 13.0 Å². The lowest BCUT2D eigenvalue weighted by Crippen LogP contribution is -2.23. The van der Waals surface area contributed by atoms with Crippen LogP contribution in [0.15, 0.2) is 57.3 Å². The van der Waals surface area contributed by atoms with Crippen molar-refractivity contribution in [2.75, 3.05) is 13.7 Å². The Morgan fingerprint density at radius 2 is 1.92 bits per heavy atom. The average Bonchev–Trinajstić information content (AvgIpc) is 3.02. The summed E-state index contributed by atoms with van der Waals surface area (Å²) in [6.07, 6.45) is 0. The average molecular weight is 439 g/mol. The van der Waals surface area contributed by atoms with E-state index in [1.54, 1.807) is 7.11 Å². The van der Waals surface area contributed by atoms with Crippen LogP contribution in [0.4, 0.5) is 14.5 Å². The molecule has 7 heteroatoms. The third kappa shape index (κ3) is 4.11. The zero-order valence-corrected chi connectivity index (χ0v) is 16.7. The van der Waals surface area contributed by atoms with Gasteiger partial charge in [0, 0.05) is 23.0 Å². The topological polar surface area (TPSA) is 26.5 Å². The smallest absolute Gasteiger partial charge is 0.190 e. The van der Waals surface area contributed by atoms with E-state index in [9.17, 15) is 8.78 Å². The minimum absolute atomic E-state index is 0.00726. The third-order valence-electron chi connectivity index (χ3n) is 3.86. The monoisotopic (exact) mass is 438 g/mol. The maximum atomic E-state index is 14.0. The van der Waals surface area contributed by atoms with Crippen LogP contribution in [0.25, 0.3) is 11.3 Å². The van der Waals surface area contributed by atoms with Crippen molar-refractivity contribution in [2.24, 2.45) is 4.99 Å². The molecule has 0 bridgehead atoms. The molecule has 3 aromatic rings. The van der Waals surface area contributed by atoms with E-state index in [1.807, 2.05) is 41.1 Å². The minimum atomic E-state index is -0.686. The van der Waals surface area contributed by atoms with Gasteiger partial charge in [-0.2, -0.15) is 0 Å². The van der Waals surface area contributed by atoms with Gasteiger partial charge in [0.05, 0.1) is 18.3 Å². The van der Waals surface area contributed by atoms with E-state index in [1.165, 1.54) is 23.5 Å². The second kappa shape index (κ2) is 8.24. The highest BCUT2D eigenvalue weighted by Crippen LogP contribution is 2.26. The van der Waals surface area contributed by atoms with Gasteiger partial charge >= 0.3 is 0 Å². The van der Waals surface area contributed by atoms with Gasteiger partial charge in [-0.25, -0.2) is 13.8 Å². The molecule has 0 N–H and O–H groups in total. The summed E-state index contributed by atoms with van der Waals surface area (Å²) in [6, 6.07) is 11.3. The van der Waals surface area contributed by atoms with Gasteiger partial charge < -0.3 is 9.30 Å². The van der Waals surface area contributed by atoms with E-state index in [-0.39, 0.29) is 11.7 Å². The molecule has 0 spiro atoms. The normalized spacial score (nSPS) is 13.2. The standard InChI is InChI=1S/C19H17BrF2N2OS/c1-12(10-25-2)24-18(13-3-5-14(20)6-4-13)11-26-19(24)23-17-8-7-15(21)9-16(17)22/h3-9,11-12H,10H2,1-2H3. The molecule has 1 heterocycles. The first-order valence-corrected chi connectivity index (χ1v) is 9.61. The highest BCUT2D eigenvalue weighted by atomic mass is 79.9. The molecule has 1 aromatic heterocycles. The number of ether oxygens (including phenoxy) is 1. The Labute approximate surface area is 162 Å². The number of aromatic nitrogens is 1. The third-order valence-corrected chi connectivity index (χ3v) is 5.22. The van der Waals surface area contributed by atoms with Crippen LogP contribution in [0.1, 0.15) is 13.0 Å². The number of thiazole rings is 1. The molecule has 0 aliphatic heterocycles. The Morgan fingerprint density at radius 1 is 1.19 bits per heavy atom. The fraction of sp³-hybridized carbons (Fsp3) is 0.211. The molecule has 0 aliphatic rings. The molecule has 3 nitrogen and oxygen atoms in total. The zero-order valence-electron chi connectivity index (χ0n) is 14.2. The predicted octanol–water partition coefficient (Wildman–Crippen LogP) is 5.70. The summed E-state index contributed by atoms with van der Waals surface area (Å²) >= 11 is 4.84. The van der Waals surface area contributed by atoms with E-state index in [4.69, 9.17) is 4.74 Å². The van der Waals surface area contributed by atoms with Gasteiger partial charge in [0.25, 0.3) is 0 Å². The summed E-state index contributed by atoms with van der Waals surface area (Å²) in [7, 11) is 1.64. The highest BCUT2D eigenvalue weighted by molar-refractivity contribution is 9.10. The van der Waals surface area contributed by atoms with E-state index in [2.05, 4.69) is 20.9 Å². The maximum Gasteiger partial charge on any atom is 0.190 e. The molecule has 0 fully saturated rings. The summed E-state index contributed by atoms with van der Waals surface area (Å²) < 4.78 is 35.5. The molecular formula is C19H17BrF2N2OS. The first-order valence-electron chi connectivity index (χ1n) is 7.94. The molecule has 136 valence electrons. The van der Waals surface area contributed by atoms with E-state index in [0.717, 1.165) is 21.8 Å². The Kier molecular flexibility index (Phi) is 6.01. The van der Waals surface area contributed by atoms with Crippen LogP contribution in [0, 0.1) is 11.6 Å². The van der Waals surface area contributed by atoms with Crippen molar-refractivity contribution in [1.82, 2.24) is 4.57 Å². The highest BCUT2D eigenvalue weighted by Gasteiger charge is 2.15. The molecule has 0 amide bonds. The zero-order chi connectivity index (χ0) is 18.7. The van der Waals surface area contributed by atoms with Crippen LogP contribution < -0.4 is 4.80 Å². The van der Waals surface area contributed by atoms with Gasteiger partial charge in [0.15, 0.2) is 10.6 Å². The quantitative estimate of drug-likeness (QED) is 0.501. The fourth-order valence-electron chi connectivity index (χ4n) is 2.65. The van der Waals surface area contributed by atoms with Crippen LogP contribution in [0.2, 0.25) is 0 Å². The number of hydrogen-bond acceptors (Lipinski definition) is 3. The second-order valence-corrected chi connectivity index (χ2v) is 7.54. The second-order valence-electron chi connectivity index (χ2n) is 5.79. The van der Waals surface area contributed by atoms with Gasteiger partial charge in [-0.15, -0.1) is 11.3 Å². The number of hydrogen-bond donors (Lipinski definition) is 0. The summed E-state index contributed by atoms with van der Waals surface area (Å²) in [5, 5.41) is 1.98. The first-order chi connectivity index (χ1) is 12.5. The number of benzene rings is 2. The summed E-state index contributed by atoms with van der Waals surface area (Å²) in [5.74, 6) is -1.31. The van der Waals surface area contributed by atoms with Crippen LogP contribution in [-0.2, 0) is 4.74 Å². The lowest BCUT2D eigenvalue weighted by Gasteiger charge is -2.16. The summed E-state index contributed by atoms with van der Waals surface area (Å²) in [5.41, 5.74) is 2.09. The largest absolute Gasteiger partial charge is 0.383 e. The lowest BCUT2D eigenvalue weighted by atomic mass is 10.1. The molecule has 2 aromatic carbocycles. The summed E-state index contributed by atoms with van der Waals surface area (Å²) in [6.45, 7) is 2.50. The van der Waals surface area contributed by atoms with Crippen molar-refractivity contribution >= 4 is 33.0 Å².